The van der Waals surface area contributed by atoms with Gasteiger partial charge in [0, 0.05) is 0 Å². The molecule has 37 heavy (non-hydrogen) atoms. The molecule has 6 nitrogen and oxygen atoms in total. The predicted octanol–water partition coefficient (Wildman–Crippen LogP) is 6.76. The van der Waals surface area contributed by atoms with E-state index in [0.29, 0.717) is 39.8 Å². The summed E-state index contributed by atoms with van der Waals surface area (Å²) < 4.78 is 12.0. The summed E-state index contributed by atoms with van der Waals surface area (Å²) in [5.41, 5.74) is 2.61. The van der Waals surface area contributed by atoms with Crippen LogP contribution in [0, 0.1) is 0 Å². The van der Waals surface area contributed by atoms with E-state index in [0.717, 1.165) is 17.7 Å². The highest BCUT2D eigenvalue weighted by molar-refractivity contribution is 8.27. The highest BCUT2D eigenvalue weighted by atomic mass is 32.2. The fourth-order valence-corrected chi connectivity index (χ4v) is 5.06. The summed E-state index contributed by atoms with van der Waals surface area (Å²) in [5.74, 6) is 0.634. The van der Waals surface area contributed by atoms with Crippen LogP contribution in [0.4, 0.5) is 5.69 Å². The number of ether oxygens (including phenoxy) is 2. The zero-order valence-corrected chi connectivity index (χ0v) is 22.2. The number of thiocarbonyl (C=S) groups is 1. The molecule has 1 N–H and O–H groups in total. The summed E-state index contributed by atoms with van der Waals surface area (Å²) in [7, 11) is 0. The first-order valence-electron chi connectivity index (χ1n) is 11.9. The van der Waals surface area contributed by atoms with Crippen molar-refractivity contribution < 1.29 is 24.2 Å². The molecule has 0 aliphatic carbocycles. The van der Waals surface area contributed by atoms with Crippen LogP contribution in [0.1, 0.15) is 47.7 Å². The third kappa shape index (κ3) is 6.58. The van der Waals surface area contributed by atoms with Gasteiger partial charge in [0.2, 0.25) is 0 Å². The number of aromatic carboxylic acids is 1. The van der Waals surface area contributed by atoms with E-state index in [1.807, 2.05) is 36.4 Å². The minimum absolute atomic E-state index is 0.0902. The van der Waals surface area contributed by atoms with Gasteiger partial charge in [-0.1, -0.05) is 68.2 Å². The third-order valence-corrected chi connectivity index (χ3v) is 7.29. The number of nitrogens with zero attached hydrogens (tertiary/aromatic N) is 1. The molecule has 3 aromatic rings. The molecule has 1 heterocycles. The largest absolute Gasteiger partial charge is 0.490 e. The lowest BCUT2D eigenvalue weighted by Gasteiger charge is -2.14. The minimum Gasteiger partial charge on any atom is -0.490 e. The predicted molar refractivity (Wildman–Crippen MR) is 152 cm³/mol. The van der Waals surface area contributed by atoms with Crippen LogP contribution in [0.25, 0.3) is 6.08 Å². The van der Waals surface area contributed by atoms with Crippen molar-refractivity contribution in [2.45, 2.75) is 26.2 Å². The molecule has 1 atom stereocenters. The van der Waals surface area contributed by atoms with E-state index in [1.54, 1.807) is 18.2 Å². The Kier molecular flexibility index (Phi) is 8.63. The average molecular weight is 534 g/mol. The first kappa shape index (κ1) is 26.4. The van der Waals surface area contributed by atoms with Crippen LogP contribution >= 0.6 is 24.0 Å². The summed E-state index contributed by atoms with van der Waals surface area (Å²) in [6.45, 7) is 5.16. The van der Waals surface area contributed by atoms with Crippen molar-refractivity contribution in [1.82, 2.24) is 0 Å². The number of hydrogen-bond donors (Lipinski definition) is 1. The molecule has 1 aliphatic heterocycles. The van der Waals surface area contributed by atoms with Gasteiger partial charge in [-0.25, -0.2) is 4.79 Å². The maximum Gasteiger partial charge on any atom is 0.335 e. The number of thioether (sulfide) groups is 1. The van der Waals surface area contributed by atoms with Crippen LogP contribution in [0.2, 0.25) is 0 Å². The Labute approximate surface area is 225 Å². The lowest BCUT2D eigenvalue weighted by molar-refractivity contribution is -0.113. The molecule has 3 aromatic carbocycles. The third-order valence-electron chi connectivity index (χ3n) is 5.98. The molecular weight excluding hydrogens is 506 g/mol. The Morgan fingerprint density at radius 2 is 1.73 bits per heavy atom. The molecule has 1 fully saturated rings. The summed E-state index contributed by atoms with van der Waals surface area (Å²) in [5, 5.41) is 9.26. The number of carbonyl (C=O) groups is 2. The van der Waals surface area contributed by atoms with Gasteiger partial charge in [-0.2, -0.15) is 0 Å². The first-order valence-corrected chi connectivity index (χ1v) is 13.1. The second kappa shape index (κ2) is 12.1. The number of carboxylic acid groups (broad SMARTS) is 1. The lowest BCUT2D eigenvalue weighted by atomic mass is 9.99. The van der Waals surface area contributed by atoms with Gasteiger partial charge in [-0.3, -0.25) is 9.69 Å². The van der Waals surface area contributed by atoms with Crippen molar-refractivity contribution >= 4 is 51.9 Å². The minimum atomic E-state index is -1.07. The summed E-state index contributed by atoms with van der Waals surface area (Å²) in [6, 6.07) is 21.7. The summed E-state index contributed by atoms with van der Waals surface area (Å²) in [6.07, 6.45) is 2.85. The van der Waals surface area contributed by atoms with Gasteiger partial charge in [-0.15, -0.1) is 0 Å². The number of amides is 1. The molecule has 1 aliphatic rings. The number of carbonyl (C=O) groups excluding carboxylic acids is 1. The molecule has 0 unspecified atom stereocenters. The maximum atomic E-state index is 13.1. The summed E-state index contributed by atoms with van der Waals surface area (Å²) >= 11 is 6.58. The number of benzene rings is 3. The van der Waals surface area contributed by atoms with Gasteiger partial charge in [0.25, 0.3) is 5.91 Å². The second-order valence-corrected chi connectivity index (χ2v) is 10.2. The molecule has 4 rings (SSSR count). The fourth-order valence-electron chi connectivity index (χ4n) is 3.76. The van der Waals surface area contributed by atoms with E-state index in [4.69, 9.17) is 21.7 Å². The van der Waals surface area contributed by atoms with Crippen molar-refractivity contribution in [3.63, 3.8) is 0 Å². The molecule has 0 aromatic heterocycles. The van der Waals surface area contributed by atoms with Crippen molar-refractivity contribution in [3.05, 3.63) is 94.4 Å². The highest BCUT2D eigenvalue weighted by Crippen LogP contribution is 2.36. The van der Waals surface area contributed by atoms with E-state index in [1.165, 1.54) is 34.4 Å². The van der Waals surface area contributed by atoms with Gasteiger partial charge < -0.3 is 14.6 Å². The van der Waals surface area contributed by atoms with E-state index >= 15 is 0 Å². The maximum absolute atomic E-state index is 13.1. The topological polar surface area (TPSA) is 76.1 Å². The molecule has 1 amide bonds. The van der Waals surface area contributed by atoms with Gasteiger partial charge in [-0.05, 0) is 72.0 Å². The molecule has 0 spiro atoms. The number of carboxylic acids is 1. The fraction of sp³-hybridized carbons (Fsp3) is 0.207. The quantitative estimate of drug-likeness (QED) is 0.175. The molecular formula is C29H27NO5S2. The summed E-state index contributed by atoms with van der Waals surface area (Å²) in [4.78, 5) is 26.2. The van der Waals surface area contributed by atoms with Crippen LogP contribution in [-0.4, -0.2) is 34.5 Å². The van der Waals surface area contributed by atoms with Crippen molar-refractivity contribution in [1.29, 1.82) is 0 Å². The van der Waals surface area contributed by atoms with Crippen LogP contribution in [0.5, 0.6) is 11.5 Å². The van der Waals surface area contributed by atoms with E-state index in [9.17, 15) is 14.7 Å². The van der Waals surface area contributed by atoms with Gasteiger partial charge in [0.05, 0.1) is 16.2 Å². The van der Waals surface area contributed by atoms with Gasteiger partial charge in [0.15, 0.2) is 4.32 Å². The Morgan fingerprint density at radius 1 is 1.03 bits per heavy atom. The average Bonchev–Trinajstić information content (AvgIpc) is 3.19. The molecule has 0 radical (unpaired) electrons. The van der Waals surface area contributed by atoms with Gasteiger partial charge in [0.1, 0.15) is 24.7 Å². The Balaban J connectivity index is 1.36. The number of rotatable bonds is 10. The number of anilines is 1. The first-order chi connectivity index (χ1) is 17.9. The second-order valence-electron chi connectivity index (χ2n) is 8.52. The van der Waals surface area contributed by atoms with Crippen LogP contribution in [0.3, 0.4) is 0 Å². The Morgan fingerprint density at radius 3 is 2.43 bits per heavy atom. The van der Waals surface area contributed by atoms with Crippen molar-refractivity contribution in [2.24, 2.45) is 0 Å². The van der Waals surface area contributed by atoms with E-state index < -0.39 is 5.97 Å². The number of hydrogen-bond acceptors (Lipinski definition) is 6. The van der Waals surface area contributed by atoms with Crippen LogP contribution in [0.15, 0.2) is 77.7 Å². The van der Waals surface area contributed by atoms with E-state index in [2.05, 4.69) is 26.0 Å². The monoisotopic (exact) mass is 533 g/mol. The highest BCUT2D eigenvalue weighted by Gasteiger charge is 2.33. The lowest BCUT2D eigenvalue weighted by Crippen LogP contribution is -2.27. The molecule has 1 saturated heterocycles. The molecule has 8 heteroatoms. The van der Waals surface area contributed by atoms with Gasteiger partial charge >= 0.3 is 5.97 Å². The smallest absolute Gasteiger partial charge is 0.335 e. The zero-order valence-electron chi connectivity index (χ0n) is 20.5. The standard InChI is InChI=1S/C29H27NO5S2/c1-3-19(2)21-10-12-24(13-11-21)34-14-15-35-25-9-4-6-20(16-25)17-26-27(31)30(29(36)37-26)23-8-5-7-22(18-23)28(32)33/h4-13,16-19H,3,14-15H2,1-2H3,(H,32,33)/b26-17-/t19-/m1/s1. The normalized spacial score (nSPS) is 15.2. The van der Waals surface area contributed by atoms with Crippen LogP contribution in [-0.2, 0) is 4.79 Å². The SMILES string of the molecule is CC[C@@H](C)c1ccc(OCCOc2cccc(/C=C3\SC(=S)N(c4cccc(C(=O)O)c4)C3=O)c2)cc1. The zero-order chi connectivity index (χ0) is 26.4. The van der Waals surface area contributed by atoms with Crippen LogP contribution < -0.4 is 14.4 Å². The molecule has 0 bridgehead atoms. The molecule has 190 valence electrons. The van der Waals surface area contributed by atoms with Crippen molar-refractivity contribution in [3.8, 4) is 11.5 Å². The van der Waals surface area contributed by atoms with Crippen molar-refractivity contribution in [2.75, 3.05) is 18.1 Å². The Bertz CT molecular complexity index is 1340. The van der Waals surface area contributed by atoms with E-state index in [-0.39, 0.29) is 11.5 Å². The Hall–Kier alpha value is -3.62. The molecule has 0 saturated carbocycles.